The first-order valence-corrected chi connectivity index (χ1v) is 14.1. The summed E-state index contributed by atoms with van der Waals surface area (Å²) < 4.78 is 80.4. The molecular weight excluding hydrogens is 583 g/mol. The molecule has 1 aliphatic carbocycles. The van der Waals surface area contributed by atoms with Gasteiger partial charge in [0.15, 0.2) is 10.8 Å². The highest BCUT2D eigenvalue weighted by molar-refractivity contribution is 6.29. The summed E-state index contributed by atoms with van der Waals surface area (Å²) in [5.74, 6) is -5.16. The molecule has 14 heteroatoms. The average Bonchev–Trinajstić information content (AvgIpc) is 3.18. The van der Waals surface area contributed by atoms with Gasteiger partial charge in [-0.25, -0.2) is 18.3 Å². The van der Waals surface area contributed by atoms with Crippen LogP contribution >= 0.6 is 11.6 Å². The van der Waals surface area contributed by atoms with E-state index in [9.17, 15) is 18.0 Å². The number of piperazine rings is 1. The molecule has 0 bridgehead atoms. The summed E-state index contributed by atoms with van der Waals surface area (Å²) in [5, 5.41) is 4.05. The molecule has 2 saturated heterocycles. The maximum atomic E-state index is 15.3. The summed E-state index contributed by atoms with van der Waals surface area (Å²) in [5.41, 5.74) is -3.28. The van der Waals surface area contributed by atoms with Gasteiger partial charge in [0.1, 0.15) is 10.8 Å². The van der Waals surface area contributed by atoms with Crippen molar-refractivity contribution in [2.45, 2.75) is 43.3 Å². The Hall–Kier alpha value is -3.03. The number of nitrogens with zero attached hydrogens (tertiary/aromatic N) is 6. The molecule has 1 saturated carbocycles. The van der Waals surface area contributed by atoms with E-state index in [0.717, 1.165) is 11.4 Å². The Bertz CT molecular complexity index is 1570. The number of rotatable bonds is 4. The van der Waals surface area contributed by atoms with Crippen LogP contribution in [0.1, 0.15) is 31.0 Å². The molecule has 4 aliphatic rings. The van der Waals surface area contributed by atoms with Crippen LogP contribution < -0.4 is 4.90 Å². The molecule has 1 aromatic carbocycles. The van der Waals surface area contributed by atoms with Crippen molar-refractivity contribution in [3.05, 3.63) is 52.9 Å². The van der Waals surface area contributed by atoms with Crippen LogP contribution in [0.25, 0.3) is 5.65 Å². The molecule has 224 valence electrons. The third kappa shape index (κ3) is 3.75. The van der Waals surface area contributed by atoms with Crippen LogP contribution in [0.3, 0.4) is 0 Å². The monoisotopic (exact) mass is 610 g/mol. The smallest absolute Gasteiger partial charge is 0.378 e. The summed E-state index contributed by atoms with van der Waals surface area (Å²) in [6.45, 7) is 5.22. The van der Waals surface area contributed by atoms with E-state index < -0.39 is 41.3 Å². The van der Waals surface area contributed by atoms with Crippen LogP contribution in [-0.4, -0.2) is 94.4 Å². The van der Waals surface area contributed by atoms with Crippen molar-refractivity contribution >= 4 is 34.5 Å². The summed E-state index contributed by atoms with van der Waals surface area (Å²) in [7, 11) is 0. The molecule has 3 atom stereocenters. The van der Waals surface area contributed by atoms with E-state index in [0.29, 0.717) is 51.1 Å². The first-order chi connectivity index (χ1) is 19.8. The van der Waals surface area contributed by atoms with Gasteiger partial charge in [-0.15, -0.1) is 0 Å². The zero-order valence-corrected chi connectivity index (χ0v) is 23.6. The first kappa shape index (κ1) is 27.8. The molecule has 0 spiro atoms. The number of carbonyl (C=O) groups is 1. The fourth-order valence-corrected chi connectivity index (χ4v) is 6.95. The number of alkyl halides is 5. The van der Waals surface area contributed by atoms with E-state index >= 15 is 8.78 Å². The summed E-state index contributed by atoms with van der Waals surface area (Å²) in [6.07, 6.45) is -3.28. The number of hydrogen-bond acceptors (Lipinski definition) is 6. The normalized spacial score (nSPS) is 29.6. The minimum Gasteiger partial charge on any atom is -0.378 e. The molecule has 0 N–H and O–H groups in total. The molecule has 0 unspecified atom stereocenters. The number of anilines is 2. The number of fused-ring (bicyclic) bond motifs is 3. The molecule has 42 heavy (non-hydrogen) atoms. The van der Waals surface area contributed by atoms with Gasteiger partial charge < -0.3 is 14.5 Å². The Morgan fingerprint density at radius 2 is 1.74 bits per heavy atom. The van der Waals surface area contributed by atoms with E-state index in [1.54, 1.807) is 0 Å². The molecule has 8 nitrogen and oxygen atoms in total. The number of carbonyl (C=O) groups excluding carboxylic acids is 1. The highest BCUT2D eigenvalue weighted by atomic mass is 35.5. The van der Waals surface area contributed by atoms with Crippen molar-refractivity contribution in [1.29, 1.82) is 0 Å². The van der Waals surface area contributed by atoms with E-state index in [2.05, 4.69) is 15.0 Å². The molecular formula is C28H28ClF5N6O2. The van der Waals surface area contributed by atoms with Crippen LogP contribution in [0.5, 0.6) is 0 Å². The number of ether oxygens (including phenoxy) is 1. The lowest BCUT2D eigenvalue weighted by Gasteiger charge is -2.43. The van der Waals surface area contributed by atoms with Gasteiger partial charge in [0.25, 0.3) is 5.92 Å². The van der Waals surface area contributed by atoms with E-state index in [4.69, 9.17) is 16.3 Å². The topological polar surface area (TPSA) is 66.2 Å². The van der Waals surface area contributed by atoms with Gasteiger partial charge in [0.2, 0.25) is 5.91 Å². The summed E-state index contributed by atoms with van der Waals surface area (Å²) in [4.78, 5) is 22.8. The van der Waals surface area contributed by atoms with Crippen molar-refractivity contribution in [3.8, 4) is 0 Å². The van der Waals surface area contributed by atoms with Crippen LogP contribution in [0, 0.1) is 5.41 Å². The molecule has 0 radical (unpaired) electrons. The highest BCUT2D eigenvalue weighted by Gasteiger charge is 2.82. The van der Waals surface area contributed by atoms with Crippen molar-refractivity contribution in [3.63, 3.8) is 0 Å². The fourth-order valence-electron chi connectivity index (χ4n) is 6.78. The third-order valence-corrected chi connectivity index (χ3v) is 9.80. The number of aromatic nitrogens is 3. The van der Waals surface area contributed by atoms with Crippen molar-refractivity contribution in [1.82, 2.24) is 24.4 Å². The van der Waals surface area contributed by atoms with Gasteiger partial charge in [-0.3, -0.25) is 9.69 Å². The molecule has 3 aromatic rings. The number of benzene rings is 1. The minimum absolute atomic E-state index is 0.0148. The van der Waals surface area contributed by atoms with Crippen LogP contribution in [0.15, 0.2) is 36.5 Å². The lowest BCUT2D eigenvalue weighted by molar-refractivity contribution is -0.181. The molecule has 3 fully saturated rings. The highest BCUT2D eigenvalue weighted by Crippen LogP contribution is 2.71. The average molecular weight is 611 g/mol. The Balaban J connectivity index is 1.15. The largest absolute Gasteiger partial charge is 0.401 e. The maximum Gasteiger partial charge on any atom is 0.401 e. The van der Waals surface area contributed by atoms with Gasteiger partial charge in [0.05, 0.1) is 42.8 Å². The first-order valence-electron chi connectivity index (χ1n) is 13.8. The predicted molar refractivity (Wildman–Crippen MR) is 143 cm³/mol. The van der Waals surface area contributed by atoms with E-state index in [1.165, 1.54) is 53.3 Å². The Kier molecular flexibility index (Phi) is 5.95. The van der Waals surface area contributed by atoms with Crippen molar-refractivity contribution in [2.24, 2.45) is 5.41 Å². The molecule has 5 heterocycles. The minimum atomic E-state index is -4.63. The van der Waals surface area contributed by atoms with E-state index in [-0.39, 0.29) is 27.7 Å². The Morgan fingerprint density at radius 3 is 2.33 bits per heavy atom. The van der Waals surface area contributed by atoms with Crippen LogP contribution in [0.4, 0.5) is 33.3 Å². The second-order valence-electron chi connectivity index (χ2n) is 12.0. The number of amides is 1. The zero-order valence-electron chi connectivity index (χ0n) is 22.8. The second-order valence-corrected chi connectivity index (χ2v) is 12.4. The molecule has 3 aliphatic heterocycles. The number of hydrogen-bond donors (Lipinski definition) is 0. The van der Waals surface area contributed by atoms with Gasteiger partial charge in [-0.05, 0) is 31.5 Å². The summed E-state index contributed by atoms with van der Waals surface area (Å²) in [6, 6.07) is 7.68. The molecule has 7 rings (SSSR count). The molecule has 2 aromatic heterocycles. The van der Waals surface area contributed by atoms with Gasteiger partial charge >= 0.3 is 6.18 Å². The fraction of sp³-hybridized carbons (Fsp3) is 0.536. The zero-order chi connectivity index (χ0) is 29.8. The number of halogens is 6. The second kappa shape index (κ2) is 8.99. The SMILES string of the molecule is C[C@@]1(C(F)(F)F)CN(c2ccc([C@H]3C(F)(F)[C@]3(C)C(=O)N3CCN(C4COC4)CC3)cc2)c2cnc3cc(Cl)nn3c21. The lowest BCUT2D eigenvalue weighted by atomic mass is 9.87. The van der Waals surface area contributed by atoms with Gasteiger partial charge in [-0.1, -0.05) is 23.7 Å². The summed E-state index contributed by atoms with van der Waals surface area (Å²) >= 11 is 5.98. The Labute approximate surface area is 243 Å². The molecule has 1 amide bonds. The third-order valence-electron chi connectivity index (χ3n) is 9.62. The van der Waals surface area contributed by atoms with E-state index in [1.807, 2.05) is 0 Å². The van der Waals surface area contributed by atoms with Gasteiger partial charge in [0, 0.05) is 44.5 Å². The maximum absolute atomic E-state index is 15.3. The standard InChI is InChI=1S/C28H28ClF5N6O2/c1-25(28(32,33)34)15-39(19-12-35-21-11-20(29)36-40(21)23(19)25)17-5-3-16(4-6-17)22-26(2,27(22,30)31)24(41)38-9-7-37(8-10-38)18-13-42-14-18/h3-6,11-12,18,22H,7-10,13-15H2,1-2H3/t22-,25-,26+/m1/s1. The van der Waals surface area contributed by atoms with Gasteiger partial charge in [-0.2, -0.15) is 18.3 Å². The van der Waals surface area contributed by atoms with Crippen LogP contribution in [0.2, 0.25) is 5.15 Å². The van der Waals surface area contributed by atoms with Crippen molar-refractivity contribution in [2.75, 3.05) is 50.8 Å². The quantitative estimate of drug-likeness (QED) is 0.401. The Morgan fingerprint density at radius 1 is 1.07 bits per heavy atom. The van der Waals surface area contributed by atoms with Crippen molar-refractivity contribution < 1.29 is 31.5 Å². The predicted octanol–water partition coefficient (Wildman–Crippen LogP) is 4.64. The van der Waals surface area contributed by atoms with Crippen LogP contribution in [-0.2, 0) is 14.9 Å². The lowest BCUT2D eigenvalue weighted by Crippen LogP contribution is -2.58.